The molecule has 0 aliphatic rings. The molecular weight excluding hydrogens is 335 g/mol. The summed E-state index contributed by atoms with van der Waals surface area (Å²) < 4.78 is 15.7. The molecule has 3 rings (SSSR count). The third-order valence-corrected chi connectivity index (χ3v) is 3.96. The van der Waals surface area contributed by atoms with E-state index >= 15 is 0 Å². The van der Waals surface area contributed by atoms with Gasteiger partial charge < -0.3 is 5.32 Å². The van der Waals surface area contributed by atoms with E-state index in [4.69, 9.17) is 0 Å². The average Bonchev–Trinajstić information content (AvgIpc) is 2.88. The van der Waals surface area contributed by atoms with Gasteiger partial charge in [0.1, 0.15) is 11.3 Å². The van der Waals surface area contributed by atoms with Crippen molar-refractivity contribution in [3.05, 3.63) is 58.7 Å². The summed E-state index contributed by atoms with van der Waals surface area (Å²) in [5, 5.41) is 7.65. The van der Waals surface area contributed by atoms with Crippen molar-refractivity contribution < 1.29 is 4.39 Å². The zero-order valence-corrected chi connectivity index (χ0v) is 13.0. The molecule has 0 amide bonds. The van der Waals surface area contributed by atoms with Gasteiger partial charge in [-0.05, 0) is 40.0 Å². The number of halogens is 2. The van der Waals surface area contributed by atoms with Crippen LogP contribution < -0.4 is 5.32 Å². The van der Waals surface area contributed by atoms with Crippen LogP contribution in [0.1, 0.15) is 24.9 Å². The molecule has 0 aliphatic heterocycles. The summed E-state index contributed by atoms with van der Waals surface area (Å²) in [7, 11) is 0. The maximum absolute atomic E-state index is 13.0. The first-order valence-corrected chi connectivity index (χ1v) is 7.48. The number of aromatic nitrogens is 3. The third kappa shape index (κ3) is 2.76. The molecule has 1 atom stereocenters. The number of rotatable bonds is 4. The Kier molecular flexibility index (Phi) is 3.88. The van der Waals surface area contributed by atoms with E-state index in [1.54, 1.807) is 35.2 Å². The normalized spacial score (nSPS) is 12.5. The Morgan fingerprint density at radius 2 is 2.10 bits per heavy atom. The fourth-order valence-corrected chi connectivity index (χ4v) is 2.76. The second-order valence-electron chi connectivity index (χ2n) is 4.72. The molecule has 0 unspecified atom stereocenters. The molecule has 1 aromatic carbocycles. The van der Waals surface area contributed by atoms with Gasteiger partial charge in [0, 0.05) is 12.4 Å². The molecule has 0 bridgehead atoms. The highest BCUT2D eigenvalue weighted by molar-refractivity contribution is 9.10. The van der Waals surface area contributed by atoms with E-state index in [9.17, 15) is 4.39 Å². The topological polar surface area (TPSA) is 42.2 Å². The summed E-state index contributed by atoms with van der Waals surface area (Å²) in [6.45, 7) is 2.08. The molecule has 0 saturated carbocycles. The molecule has 0 aliphatic carbocycles. The first kappa shape index (κ1) is 14.0. The van der Waals surface area contributed by atoms with Crippen molar-refractivity contribution in [1.82, 2.24) is 14.6 Å². The molecule has 0 radical (unpaired) electrons. The minimum atomic E-state index is -0.229. The van der Waals surface area contributed by atoms with Crippen LogP contribution in [0.4, 0.5) is 10.2 Å². The molecule has 108 valence electrons. The molecule has 0 fully saturated rings. The van der Waals surface area contributed by atoms with Crippen LogP contribution >= 0.6 is 15.9 Å². The second kappa shape index (κ2) is 5.81. The van der Waals surface area contributed by atoms with Gasteiger partial charge in [0.05, 0.1) is 16.7 Å². The van der Waals surface area contributed by atoms with Gasteiger partial charge in [0.2, 0.25) is 0 Å². The number of nitrogens with one attached hydrogen (secondary N) is 1. The minimum Gasteiger partial charge on any atom is -0.361 e. The summed E-state index contributed by atoms with van der Waals surface area (Å²) in [5.41, 5.74) is 1.91. The van der Waals surface area contributed by atoms with E-state index in [-0.39, 0.29) is 11.9 Å². The van der Waals surface area contributed by atoms with Crippen LogP contribution in [0.5, 0.6) is 0 Å². The summed E-state index contributed by atoms with van der Waals surface area (Å²) in [4.78, 5) is 4.39. The fraction of sp³-hybridized carbons (Fsp3) is 0.200. The lowest BCUT2D eigenvalue weighted by atomic mass is 10.0. The molecule has 2 heterocycles. The monoisotopic (exact) mass is 348 g/mol. The van der Waals surface area contributed by atoms with Crippen molar-refractivity contribution in [2.24, 2.45) is 0 Å². The van der Waals surface area contributed by atoms with Crippen molar-refractivity contribution in [3.63, 3.8) is 0 Å². The first-order valence-electron chi connectivity index (χ1n) is 6.69. The Morgan fingerprint density at radius 1 is 1.33 bits per heavy atom. The van der Waals surface area contributed by atoms with Crippen LogP contribution in [0, 0.1) is 5.82 Å². The molecule has 1 N–H and O–H groups in total. The number of fused-ring (bicyclic) bond motifs is 1. The van der Waals surface area contributed by atoms with Crippen molar-refractivity contribution in [2.75, 3.05) is 5.32 Å². The fourth-order valence-electron chi connectivity index (χ4n) is 2.29. The van der Waals surface area contributed by atoms with E-state index in [1.807, 2.05) is 0 Å². The highest BCUT2D eigenvalue weighted by atomic mass is 79.9. The first-order chi connectivity index (χ1) is 10.2. The SMILES string of the molecule is CC[C@H](Nc1nccn2ncc(Br)c12)c1ccc(F)cc1. The Hall–Kier alpha value is -1.95. The lowest BCUT2D eigenvalue weighted by Gasteiger charge is -2.18. The quantitative estimate of drug-likeness (QED) is 0.768. The van der Waals surface area contributed by atoms with Crippen LogP contribution in [0.25, 0.3) is 5.52 Å². The van der Waals surface area contributed by atoms with Crippen molar-refractivity contribution in [1.29, 1.82) is 0 Å². The van der Waals surface area contributed by atoms with Crippen molar-refractivity contribution in [3.8, 4) is 0 Å². The number of anilines is 1. The Labute approximate surface area is 130 Å². The van der Waals surface area contributed by atoms with Gasteiger partial charge in [-0.3, -0.25) is 0 Å². The van der Waals surface area contributed by atoms with Gasteiger partial charge in [0.25, 0.3) is 0 Å². The second-order valence-corrected chi connectivity index (χ2v) is 5.57. The highest BCUT2D eigenvalue weighted by Gasteiger charge is 2.14. The number of benzene rings is 1. The third-order valence-electron chi connectivity index (χ3n) is 3.38. The average molecular weight is 349 g/mol. The summed E-state index contributed by atoms with van der Waals surface area (Å²) in [6.07, 6.45) is 6.09. The van der Waals surface area contributed by atoms with E-state index in [2.05, 4.69) is 38.3 Å². The predicted octanol–water partition coefficient (Wildman–Crippen LogP) is 4.19. The summed E-state index contributed by atoms with van der Waals surface area (Å²) in [6, 6.07) is 6.60. The molecule has 4 nitrogen and oxygen atoms in total. The van der Waals surface area contributed by atoms with Crippen LogP contribution in [0.3, 0.4) is 0 Å². The molecule has 0 saturated heterocycles. The van der Waals surface area contributed by atoms with Crippen LogP contribution in [0.2, 0.25) is 0 Å². The zero-order valence-electron chi connectivity index (χ0n) is 11.4. The largest absolute Gasteiger partial charge is 0.361 e. The molecule has 21 heavy (non-hydrogen) atoms. The Balaban J connectivity index is 1.96. The number of nitrogens with zero attached hydrogens (tertiary/aromatic N) is 3. The summed E-state index contributed by atoms with van der Waals surface area (Å²) >= 11 is 3.48. The van der Waals surface area contributed by atoms with Crippen LogP contribution in [0.15, 0.2) is 47.3 Å². The smallest absolute Gasteiger partial charge is 0.153 e. The zero-order chi connectivity index (χ0) is 14.8. The minimum absolute atomic E-state index is 0.0612. The lowest BCUT2D eigenvalue weighted by Crippen LogP contribution is -2.12. The van der Waals surface area contributed by atoms with Gasteiger partial charge in [-0.25, -0.2) is 13.9 Å². The van der Waals surface area contributed by atoms with Gasteiger partial charge in [-0.15, -0.1) is 0 Å². The molecule has 6 heteroatoms. The highest BCUT2D eigenvalue weighted by Crippen LogP contribution is 2.28. The van der Waals surface area contributed by atoms with Gasteiger partial charge in [-0.1, -0.05) is 19.1 Å². The van der Waals surface area contributed by atoms with Gasteiger partial charge in [-0.2, -0.15) is 5.10 Å². The predicted molar refractivity (Wildman–Crippen MR) is 83.7 cm³/mol. The van der Waals surface area contributed by atoms with Crippen LogP contribution in [-0.4, -0.2) is 14.6 Å². The van der Waals surface area contributed by atoms with E-state index in [0.717, 1.165) is 27.8 Å². The lowest BCUT2D eigenvalue weighted by molar-refractivity contribution is 0.625. The van der Waals surface area contributed by atoms with E-state index in [0.29, 0.717) is 0 Å². The Bertz CT molecular complexity index is 754. The Morgan fingerprint density at radius 3 is 2.81 bits per heavy atom. The van der Waals surface area contributed by atoms with Gasteiger partial charge in [0.15, 0.2) is 5.82 Å². The number of hydrogen-bond donors (Lipinski definition) is 1. The van der Waals surface area contributed by atoms with E-state index in [1.165, 1.54) is 12.1 Å². The summed E-state index contributed by atoms with van der Waals surface area (Å²) in [5.74, 6) is 0.519. The molecular formula is C15H14BrFN4. The van der Waals surface area contributed by atoms with Gasteiger partial charge >= 0.3 is 0 Å². The van der Waals surface area contributed by atoms with Crippen molar-refractivity contribution >= 4 is 27.3 Å². The number of hydrogen-bond acceptors (Lipinski definition) is 3. The standard InChI is InChI=1S/C15H14BrFN4/c1-2-13(10-3-5-11(17)6-4-10)20-15-14-12(16)9-19-21(14)8-7-18-15/h3-9,13H,2H2,1H3,(H,18,20)/t13-/m0/s1. The molecule has 2 aromatic heterocycles. The maximum atomic E-state index is 13.0. The molecule has 3 aromatic rings. The maximum Gasteiger partial charge on any atom is 0.153 e. The van der Waals surface area contributed by atoms with Crippen molar-refractivity contribution in [2.45, 2.75) is 19.4 Å². The molecule has 0 spiro atoms. The van der Waals surface area contributed by atoms with Crippen LogP contribution in [-0.2, 0) is 0 Å². The van der Waals surface area contributed by atoms with E-state index < -0.39 is 0 Å².